The molecule has 650 valence electrons. The number of Topliss-reactive ketones (excluding diaryl/α,β-unsaturated/α-hetero) is 2. The number of H-pyrrole nitrogens is 10. The maximum Gasteiger partial charge on any atom is 0.353 e. The summed E-state index contributed by atoms with van der Waals surface area (Å²) in [5, 5.41) is 31.9. The third-order valence-electron chi connectivity index (χ3n) is 24.5. The van der Waals surface area contributed by atoms with Crippen molar-refractivity contribution >= 4 is 129 Å². The number of aromatic carboxylic acids is 2. The molecule has 0 bridgehead atoms. The van der Waals surface area contributed by atoms with E-state index in [0.717, 1.165) is 179 Å². The van der Waals surface area contributed by atoms with Crippen LogP contribution in [0.2, 0.25) is 10.0 Å². The lowest BCUT2D eigenvalue weighted by Crippen LogP contribution is -2.26. The van der Waals surface area contributed by atoms with Crippen LogP contribution < -0.4 is 5.32 Å². The van der Waals surface area contributed by atoms with E-state index in [1.807, 2.05) is 141 Å². The SMILES string of the molecule is CCC(C)c1c(-c2cccc3[nH]ccc23)[nH]c(C(C)=O)c1-c1cccc2[nH]ccc12.CCc1c(-c2cccc3[nH]ccc23)[nH]c(C(C)=O)c1-c1ccccc1Cl.CCn1c(C(=O)O)c(-c2cc(C)cc3[nH]ccc23)c(C(C)C)c1-c1cc(F)cc2[nH]ccc12.COCCC(=O)NCCc1c[nH]c2cccc(-c3[nH]c(C(=O)O)c(-c4c(Cl)ccc5[nH]ccc45)c3C(C)C)c12. The Balaban J connectivity index is 0.000000127. The number of aromatic amines is 10. The molecule has 11 aromatic heterocycles. The summed E-state index contributed by atoms with van der Waals surface area (Å²) < 4.78 is 21.5. The van der Waals surface area contributed by atoms with Crippen LogP contribution in [0.25, 0.3) is 166 Å². The number of hydrogen-bond donors (Lipinski definition) is 13. The molecule has 0 aliphatic heterocycles. The number of ketones is 2. The number of carboxylic acid groups (broad SMARTS) is 2. The van der Waals surface area contributed by atoms with Crippen LogP contribution in [0.5, 0.6) is 0 Å². The third-order valence-corrected chi connectivity index (χ3v) is 25.1. The third kappa shape index (κ3) is 16.3. The van der Waals surface area contributed by atoms with Crippen molar-refractivity contribution in [3.63, 3.8) is 0 Å². The molecule has 19 rings (SSSR count). The van der Waals surface area contributed by atoms with Gasteiger partial charge in [-0.25, -0.2) is 14.0 Å². The van der Waals surface area contributed by atoms with Crippen LogP contribution in [0, 0.1) is 12.7 Å². The highest BCUT2D eigenvalue weighted by atomic mass is 35.5. The number of nitrogens with one attached hydrogen (secondary N) is 11. The maximum atomic E-state index is 14.7. The molecule has 0 saturated heterocycles. The van der Waals surface area contributed by atoms with Crippen LogP contribution >= 0.6 is 23.2 Å². The summed E-state index contributed by atoms with van der Waals surface area (Å²) in [4.78, 5) is 95.6. The number of carboxylic acids is 2. The first kappa shape index (κ1) is 87.4. The van der Waals surface area contributed by atoms with Crippen LogP contribution in [0.15, 0.2) is 213 Å². The van der Waals surface area contributed by atoms with E-state index in [1.54, 1.807) is 33.2 Å². The van der Waals surface area contributed by atoms with Crippen LogP contribution in [-0.2, 0) is 28.9 Å². The molecule has 19 aromatic rings. The zero-order chi connectivity index (χ0) is 90.2. The Labute approximate surface area is 748 Å². The van der Waals surface area contributed by atoms with Crippen molar-refractivity contribution in [2.75, 3.05) is 20.3 Å². The van der Waals surface area contributed by atoms with E-state index in [9.17, 15) is 38.6 Å². The molecule has 20 nitrogen and oxygen atoms in total. The fourth-order valence-electron chi connectivity index (χ4n) is 18.7. The van der Waals surface area contributed by atoms with E-state index in [4.69, 9.17) is 27.9 Å². The molecule has 23 heteroatoms. The number of ether oxygens (including phenoxy) is 1. The molecular weight excluding hydrogens is 1650 g/mol. The van der Waals surface area contributed by atoms with Crippen molar-refractivity contribution in [2.45, 2.75) is 126 Å². The zero-order valence-electron chi connectivity index (χ0n) is 73.3. The second-order valence-corrected chi connectivity index (χ2v) is 33.9. The number of amides is 1. The number of rotatable bonds is 24. The first-order valence-corrected chi connectivity index (χ1v) is 44.0. The number of hydrogen-bond acceptors (Lipinski definition) is 6. The molecule has 8 aromatic carbocycles. The van der Waals surface area contributed by atoms with E-state index in [1.165, 1.54) is 17.7 Å². The van der Waals surface area contributed by atoms with E-state index in [0.29, 0.717) is 87.7 Å². The molecule has 0 aliphatic carbocycles. The molecule has 1 atom stereocenters. The van der Waals surface area contributed by atoms with Crippen LogP contribution in [0.1, 0.15) is 175 Å². The van der Waals surface area contributed by atoms with Gasteiger partial charge in [0.15, 0.2) is 11.6 Å². The minimum Gasteiger partial charge on any atom is -0.477 e. The molecule has 13 N–H and O–H groups in total. The minimum absolute atomic E-state index is 0.00196. The molecule has 1 amide bonds. The second kappa shape index (κ2) is 36.8. The molecule has 0 spiro atoms. The molecule has 0 saturated carbocycles. The van der Waals surface area contributed by atoms with Gasteiger partial charge >= 0.3 is 11.9 Å². The Morgan fingerprint density at radius 1 is 0.469 bits per heavy atom. The number of methoxy groups -OCH3 is 1. The van der Waals surface area contributed by atoms with E-state index in [2.05, 4.69) is 170 Å². The predicted octanol–water partition coefficient (Wildman–Crippen LogP) is 26.8. The number of nitrogens with zero attached hydrogens (tertiary/aromatic N) is 1. The number of fused-ring (bicyclic) bond motifs is 7. The van der Waals surface area contributed by atoms with Crippen molar-refractivity contribution in [1.29, 1.82) is 0 Å². The van der Waals surface area contributed by atoms with Gasteiger partial charge in [0.1, 0.15) is 17.2 Å². The van der Waals surface area contributed by atoms with Gasteiger partial charge in [-0.3, -0.25) is 14.4 Å². The predicted molar refractivity (Wildman–Crippen MR) is 517 cm³/mol. The van der Waals surface area contributed by atoms with Gasteiger partial charge < -0.3 is 74.7 Å². The normalized spacial score (nSPS) is 11.8. The topological polar surface area (TPSA) is 310 Å². The van der Waals surface area contributed by atoms with Gasteiger partial charge in [0, 0.05) is 226 Å². The van der Waals surface area contributed by atoms with Crippen molar-refractivity contribution in [1.82, 2.24) is 59.7 Å². The second-order valence-electron chi connectivity index (χ2n) is 33.1. The van der Waals surface area contributed by atoms with Gasteiger partial charge in [0.2, 0.25) is 5.91 Å². The Kier molecular flexibility index (Phi) is 25.1. The fraction of sp³-hybridized carbons (Fsp3) is 0.210. The number of aromatic nitrogens is 11. The number of benzene rings is 8. The number of aryl methyl sites for hydroxylation is 1. The summed E-state index contributed by atoms with van der Waals surface area (Å²) in [5.74, 6) is -2.13. The first-order chi connectivity index (χ1) is 61.8. The highest BCUT2D eigenvalue weighted by Crippen LogP contribution is 2.51. The lowest BCUT2D eigenvalue weighted by molar-refractivity contribution is -0.121. The number of carbonyl (C=O) groups is 5. The van der Waals surface area contributed by atoms with Crippen molar-refractivity contribution < 1.29 is 43.3 Å². The average Bonchev–Trinajstić information content (AvgIpc) is 1.57. The largest absolute Gasteiger partial charge is 0.477 e. The van der Waals surface area contributed by atoms with Crippen LogP contribution in [0.3, 0.4) is 0 Å². The van der Waals surface area contributed by atoms with Gasteiger partial charge in [0.05, 0.1) is 40.8 Å². The minimum atomic E-state index is -1.05. The highest BCUT2D eigenvalue weighted by molar-refractivity contribution is 6.36. The summed E-state index contributed by atoms with van der Waals surface area (Å²) in [7, 11) is 1.57. The Bertz CT molecular complexity index is 7460. The Morgan fingerprint density at radius 2 is 0.977 bits per heavy atom. The lowest BCUT2D eigenvalue weighted by atomic mass is 9.87. The Morgan fingerprint density at radius 3 is 1.55 bits per heavy atom. The maximum absolute atomic E-state index is 14.7. The molecule has 0 aliphatic rings. The standard InChI is InChI=1S/C30H31ClN4O4.C27H26FN3O2.C26H25N3O.C22H19ClN2O/c1-16(2)24-27(26-18-10-13-32-21(18)8-7-20(26)31)29(30(37)38)35-28(24)19-5-4-6-22-25(19)17(15-34-22)9-12-33-23(36)11-14-39-3;1-5-31-25(20-12-16(28)13-22-18(20)7-9-30-22)23(14(2)3)24(26(31)27(32)33)19-10-15(4)11-21-17(19)6-8-29-21;1-4-15(2)23-24(19-7-5-9-21-17(19)11-13-27-21)25(16(3)30)29-26(23)20-8-6-10-22-18(20)12-14-28-22;1-3-14-20(17-7-4-5-9-18(17)23)21(13(2)26)25-22(14)16-8-6-10-19-15(16)11-12-24-19/h4-8,10,13,15-16,32,34-35H,9,11-12,14H2,1-3H3,(H,33,36)(H,37,38);6-14,29-30H,5H2,1-4H3,(H,32,33);5-15,27-29H,4H2,1-3H3;4-12,24-25H,3H2,1-2H3. The van der Waals surface area contributed by atoms with Gasteiger partial charge in [-0.1, -0.05) is 144 Å². The summed E-state index contributed by atoms with van der Waals surface area (Å²) in [6, 6.07) is 55.2. The molecule has 1 unspecified atom stereocenters. The van der Waals surface area contributed by atoms with E-state index < -0.39 is 11.9 Å². The van der Waals surface area contributed by atoms with Crippen molar-refractivity contribution in [2.24, 2.45) is 0 Å². The zero-order valence-corrected chi connectivity index (χ0v) is 74.8. The van der Waals surface area contributed by atoms with Crippen molar-refractivity contribution in [3.8, 4) is 89.5 Å². The van der Waals surface area contributed by atoms with Crippen LogP contribution in [-0.4, -0.2) is 114 Å². The molecule has 0 fully saturated rings. The van der Waals surface area contributed by atoms with Gasteiger partial charge in [-0.2, -0.15) is 0 Å². The molecule has 0 radical (unpaired) electrons. The summed E-state index contributed by atoms with van der Waals surface area (Å²) in [6.45, 7) is 23.3. The van der Waals surface area contributed by atoms with Gasteiger partial charge in [0.25, 0.3) is 0 Å². The lowest BCUT2D eigenvalue weighted by Gasteiger charge is -2.16. The first-order valence-electron chi connectivity index (χ1n) is 43.3. The summed E-state index contributed by atoms with van der Waals surface area (Å²) >= 11 is 13.2. The Hall–Kier alpha value is -14.1. The molecular formula is C105H101Cl2FN12O8. The smallest absolute Gasteiger partial charge is 0.353 e. The van der Waals surface area contributed by atoms with Crippen molar-refractivity contribution in [3.05, 3.63) is 285 Å². The quantitative estimate of drug-likeness (QED) is 0.0257. The number of carbonyl (C=O) groups excluding carboxylic acids is 3. The van der Waals surface area contributed by atoms with Gasteiger partial charge in [-0.05, 0) is 192 Å². The number of halogens is 3. The van der Waals surface area contributed by atoms with Crippen LogP contribution in [0.4, 0.5) is 4.39 Å². The van der Waals surface area contributed by atoms with E-state index >= 15 is 0 Å². The molecule has 11 heterocycles. The van der Waals surface area contributed by atoms with E-state index in [-0.39, 0.29) is 46.5 Å². The monoisotopic (exact) mass is 1750 g/mol. The highest BCUT2D eigenvalue weighted by Gasteiger charge is 2.35. The average molecular weight is 1750 g/mol. The summed E-state index contributed by atoms with van der Waals surface area (Å²) in [5.41, 5.74) is 28.6. The summed E-state index contributed by atoms with van der Waals surface area (Å²) in [6.07, 6.45) is 16.0. The van der Waals surface area contributed by atoms with Gasteiger partial charge in [-0.15, -0.1) is 0 Å². The molecule has 128 heavy (non-hydrogen) atoms. The fourth-order valence-corrected chi connectivity index (χ4v) is 19.2.